The Morgan fingerprint density at radius 1 is 0.504 bits per heavy atom. The summed E-state index contributed by atoms with van der Waals surface area (Å²) in [4.78, 5) is 125. The van der Waals surface area contributed by atoms with Crippen LogP contribution >= 0.6 is 23.5 Å². The molecule has 14 aromatic rings. The molecule has 0 unspecified atom stereocenters. The van der Waals surface area contributed by atoms with Crippen molar-refractivity contribution in [3.63, 3.8) is 0 Å². The molecular weight excluding hydrogens is 1530 g/mol. The van der Waals surface area contributed by atoms with Crippen LogP contribution in [0.15, 0.2) is 221 Å². The molecule has 0 radical (unpaired) electrons. The minimum atomic E-state index is -1.28. The Hall–Kier alpha value is -13.8. The topological polar surface area (TPSA) is 399 Å². The highest BCUT2D eigenvalue weighted by molar-refractivity contribution is 7.99. The first-order valence-electron chi connectivity index (χ1n) is 35.6. The fraction of sp³-hybridized carbons (Fsp3) is 0.217. The quantitative estimate of drug-likeness (QED) is 0.0396. The fourth-order valence-corrected chi connectivity index (χ4v) is 15.6. The molecule has 6 aromatic carbocycles. The van der Waals surface area contributed by atoms with Crippen LogP contribution in [-0.2, 0) is 51.9 Å². The van der Waals surface area contributed by atoms with Gasteiger partial charge in [0.1, 0.15) is 48.3 Å². The van der Waals surface area contributed by atoms with Gasteiger partial charge in [0.25, 0.3) is 22.2 Å². The molecule has 2 aliphatic rings. The number of amides is 1. The van der Waals surface area contributed by atoms with Crippen LogP contribution in [0, 0.1) is 24.0 Å². The zero-order valence-corrected chi connectivity index (χ0v) is 64.5. The van der Waals surface area contributed by atoms with Crippen LogP contribution in [0.1, 0.15) is 46.5 Å². The minimum absolute atomic E-state index is 0.00833. The van der Waals surface area contributed by atoms with Gasteiger partial charge in [0, 0.05) is 79.5 Å². The second-order valence-corrected chi connectivity index (χ2v) is 28.8. The van der Waals surface area contributed by atoms with Crippen molar-refractivity contribution in [2.24, 2.45) is 0 Å². The number of para-hydroxylation sites is 3. The predicted molar refractivity (Wildman–Crippen MR) is 429 cm³/mol. The molecule has 0 fully saturated rings. The minimum Gasteiger partial charge on any atom is -0.507 e. The summed E-state index contributed by atoms with van der Waals surface area (Å²) in [6.45, 7) is 5.21. The van der Waals surface area contributed by atoms with E-state index in [1.54, 1.807) is 100.0 Å². The van der Waals surface area contributed by atoms with Crippen LogP contribution in [0.5, 0.6) is 51.7 Å². The summed E-state index contributed by atoms with van der Waals surface area (Å²) >= 11 is 1.90. The number of rotatable bonds is 16. The Labute approximate surface area is 657 Å². The third kappa shape index (κ3) is 15.6. The Bertz CT molecular complexity index is 6800. The number of carbonyl (C=O) groups is 1. The summed E-state index contributed by atoms with van der Waals surface area (Å²) in [5, 5.41) is 53.7. The predicted octanol–water partition coefficient (Wildman–Crippen LogP) is 12.2. The Morgan fingerprint density at radius 3 is 1.47 bits per heavy atom. The van der Waals surface area contributed by atoms with Crippen molar-refractivity contribution in [2.75, 3.05) is 42.5 Å². The number of nitrogens with zero attached hydrogens (tertiary/aromatic N) is 6. The zero-order chi connectivity index (χ0) is 82.0. The lowest BCUT2D eigenvalue weighted by Crippen LogP contribution is -2.28. The lowest BCUT2D eigenvalue weighted by molar-refractivity contribution is -0.388. The van der Waals surface area contributed by atoms with Crippen LogP contribution < -0.4 is 68.4 Å². The molecule has 115 heavy (non-hydrogen) atoms. The molecule has 8 aromatic heterocycles. The van der Waals surface area contributed by atoms with Crippen LogP contribution in [0.3, 0.4) is 0 Å². The van der Waals surface area contributed by atoms with Gasteiger partial charge in [0.2, 0.25) is 5.75 Å². The highest BCUT2D eigenvalue weighted by atomic mass is 32.2. The number of aromatic hydroxyl groups is 4. The first-order chi connectivity index (χ1) is 55.2. The number of ether oxygens (including phenoxy) is 5. The first kappa shape index (κ1) is 79.3. The van der Waals surface area contributed by atoms with Crippen LogP contribution in [-0.4, -0.2) is 97.1 Å². The number of fused-ring (bicyclic) bond motifs is 6. The van der Waals surface area contributed by atoms with Gasteiger partial charge in [-0.15, -0.1) is 0 Å². The van der Waals surface area contributed by atoms with Crippen molar-refractivity contribution < 1.29 is 71.5 Å². The number of phenols is 1. The van der Waals surface area contributed by atoms with E-state index in [1.165, 1.54) is 34.2 Å². The number of hydrogen-bond acceptors (Lipinski definition) is 26. The van der Waals surface area contributed by atoms with Gasteiger partial charge in [-0.1, -0.05) is 90.3 Å². The van der Waals surface area contributed by atoms with Crippen molar-refractivity contribution in [1.29, 1.82) is 0 Å². The van der Waals surface area contributed by atoms with Crippen molar-refractivity contribution in [1.82, 2.24) is 23.2 Å². The molecule has 4 N–H and O–H groups in total. The Kier molecular flexibility index (Phi) is 23.0. The summed E-state index contributed by atoms with van der Waals surface area (Å²) in [6, 6.07) is 41.8. The lowest BCUT2D eigenvalue weighted by atomic mass is 10.00. The third-order valence-corrected chi connectivity index (χ3v) is 21.6. The van der Waals surface area contributed by atoms with Crippen molar-refractivity contribution in [2.45, 2.75) is 98.1 Å². The summed E-state index contributed by atoms with van der Waals surface area (Å²) in [7, 11) is 9.31. The van der Waals surface area contributed by atoms with E-state index in [9.17, 15) is 73.7 Å². The van der Waals surface area contributed by atoms with Crippen molar-refractivity contribution in [3.8, 4) is 51.7 Å². The maximum atomic E-state index is 13.3. The highest BCUT2D eigenvalue weighted by Gasteiger charge is 2.31. The number of pyridine rings is 4. The molecule has 0 saturated carbocycles. The highest BCUT2D eigenvalue weighted by Crippen LogP contribution is 2.41. The van der Waals surface area contributed by atoms with E-state index in [-0.39, 0.29) is 76.5 Å². The normalized spacial score (nSPS) is 12.0. The average molecular weight is 1600 g/mol. The van der Waals surface area contributed by atoms with E-state index in [4.69, 9.17) is 41.4 Å². The molecule has 0 bridgehead atoms. The number of aromatic nitrogens is 4. The number of aryl methyl sites for hydroxylation is 8. The first-order valence-corrected chi connectivity index (χ1v) is 37.3. The molecular formula is C83H72N6O24S2. The van der Waals surface area contributed by atoms with Gasteiger partial charge < -0.3 is 84.9 Å². The molecule has 16 rings (SSSR count). The lowest BCUT2D eigenvalue weighted by Gasteiger charge is -2.20. The van der Waals surface area contributed by atoms with Gasteiger partial charge >= 0.3 is 34.3 Å². The van der Waals surface area contributed by atoms with Crippen molar-refractivity contribution >= 4 is 101 Å². The van der Waals surface area contributed by atoms with E-state index >= 15 is 0 Å². The van der Waals surface area contributed by atoms with E-state index < -0.39 is 67.4 Å². The van der Waals surface area contributed by atoms with Gasteiger partial charge in [-0.05, 0) is 135 Å². The fourth-order valence-electron chi connectivity index (χ4n) is 13.9. The number of phenolic OH excluding ortho intramolecular Hbond substituents is 1. The zero-order valence-electron chi connectivity index (χ0n) is 62.9. The van der Waals surface area contributed by atoms with Gasteiger partial charge in [-0.3, -0.25) is 29.3 Å². The maximum absolute atomic E-state index is 13.3. The molecule has 2 aliphatic heterocycles. The van der Waals surface area contributed by atoms with E-state index in [1.807, 2.05) is 84.9 Å². The molecule has 10 heterocycles. The Morgan fingerprint density at radius 2 is 0.983 bits per heavy atom. The number of methoxy groups -OCH3 is 4. The monoisotopic (exact) mass is 1600 g/mol. The summed E-state index contributed by atoms with van der Waals surface area (Å²) in [6.07, 6.45) is 3.64. The second kappa shape index (κ2) is 33.3. The van der Waals surface area contributed by atoms with Crippen LogP contribution in [0.4, 0.5) is 10.5 Å². The van der Waals surface area contributed by atoms with Gasteiger partial charge in [-0.25, -0.2) is 24.0 Å². The Balaban J connectivity index is 0.000000135. The van der Waals surface area contributed by atoms with Gasteiger partial charge in [0.05, 0.1) is 55.4 Å². The number of carbonyl (C=O) groups excluding carboxylic acids is 1. The number of nitro groups is 1. The number of hydrogen-bond donors (Lipinski definition) is 4. The molecule has 0 spiro atoms. The number of benzene rings is 6. The van der Waals surface area contributed by atoms with Gasteiger partial charge in [-0.2, -0.15) is 0 Å². The SMILES string of the molecule is CN(C)C(=O)Oc1cc(=O)oc2c1c(=O)n1c3c(cccc23)CCC1.COc1ccc(CCn2c(C)cc3oc(=O)c(Sc4ccccc4)c(O)c3c2=O)cc1OC.COc1ccc(CCn2c(C)cc3oc(=O)c(Sc4ccccc4O)c(O)c3c2=O)cc1OC.O=c1oc2c(c(O)c1[N+](=O)[O-])c(=O)n1c3c(cccc23)CCC1. The second-order valence-electron chi connectivity index (χ2n) is 26.7. The molecule has 32 heteroatoms. The van der Waals surface area contributed by atoms with E-state index in [0.717, 1.165) is 87.9 Å². The summed E-state index contributed by atoms with van der Waals surface area (Å²) in [5.74, 6) is 0.548. The van der Waals surface area contributed by atoms with Crippen LogP contribution in [0.25, 0.3) is 65.7 Å². The third-order valence-electron chi connectivity index (χ3n) is 19.4. The average Bonchev–Trinajstić information content (AvgIpc) is 0.681. The van der Waals surface area contributed by atoms with E-state index in [0.29, 0.717) is 94.6 Å². The standard InChI is InChI=1S/C25H23NO7S.C25H23NO6S.C18H16N2O5.C15H10N2O6/c1-14-12-19-21(22(28)23(25(30)33-19)34-20-7-5-4-6-16(20)27)24(29)26(14)11-10-15-8-9-17(31-2)18(13-15)32-3;1-15-13-20-21(22(27)23(25(29)32-20)33-17-7-5-4-6-8-17)24(28)26(15)12-11-16-9-10-18(30-2)19(14-16)31-3;1-19(2)18(23)24-12-9-13(21)25-16-11-7-3-5-10-6-4-8-20(15(10)11)17(22)14(12)16;18-12-9-13(23-15(20)11(12)17(21)22)8-5-1-3-7-4-2-6-16(10(7)8)14(9)19/h4-9,12-13,27-28H,10-11H2,1-3H3;4-10,13-14,27H,11-12H2,1-3H3;3,5,7,9H,4,6,8H2,1-2H3;1,3,5,18H,2,4,6H2. The smallest absolute Gasteiger partial charge is 0.419 e. The molecule has 1 amide bonds. The van der Waals surface area contributed by atoms with E-state index in [2.05, 4.69) is 0 Å². The van der Waals surface area contributed by atoms with Gasteiger partial charge in [0.15, 0.2) is 51.4 Å². The van der Waals surface area contributed by atoms with Crippen molar-refractivity contribution in [3.05, 3.63) is 272 Å². The molecule has 0 aliphatic carbocycles. The summed E-state index contributed by atoms with van der Waals surface area (Å²) < 4.78 is 53.9. The molecule has 0 saturated heterocycles. The molecule has 0 atom stereocenters. The maximum Gasteiger partial charge on any atom is 0.419 e. The molecule has 30 nitrogen and oxygen atoms in total. The van der Waals surface area contributed by atoms with Crippen LogP contribution in [0.2, 0.25) is 0 Å². The largest absolute Gasteiger partial charge is 0.507 e. The molecule has 590 valence electrons. The summed E-state index contributed by atoms with van der Waals surface area (Å²) in [5.41, 5.74) is 0.294.